The van der Waals surface area contributed by atoms with Crippen LogP contribution in [-0.2, 0) is 16.6 Å². The largest absolute Gasteiger partial charge is 0.440 e. The zero-order valence-corrected chi connectivity index (χ0v) is 20.5. The molecule has 174 valence electrons. The van der Waals surface area contributed by atoms with Crippen molar-refractivity contribution in [1.29, 1.82) is 0 Å². The number of pyridine rings is 1. The number of anilines is 1. The van der Waals surface area contributed by atoms with Gasteiger partial charge in [0, 0.05) is 33.6 Å². The molecule has 1 N–H and O–H groups in total. The summed E-state index contributed by atoms with van der Waals surface area (Å²) < 4.78 is 19.5. The van der Waals surface area contributed by atoms with Gasteiger partial charge in [0.2, 0.25) is 11.8 Å². The fourth-order valence-corrected chi connectivity index (χ4v) is 5.48. The van der Waals surface area contributed by atoms with E-state index in [1.54, 1.807) is 36.2 Å². The van der Waals surface area contributed by atoms with E-state index in [9.17, 15) is 9.18 Å². The maximum Gasteiger partial charge on any atom is 0.228 e. The van der Waals surface area contributed by atoms with Crippen molar-refractivity contribution in [3.05, 3.63) is 81.5 Å². The van der Waals surface area contributed by atoms with E-state index in [2.05, 4.69) is 22.2 Å². The van der Waals surface area contributed by atoms with Gasteiger partial charge in [0.15, 0.2) is 5.58 Å². The molecule has 4 aromatic rings. The molecule has 2 aromatic heterocycles. The average molecular weight is 516 g/mol. The predicted octanol–water partition coefficient (Wildman–Crippen LogP) is 7.04. The summed E-state index contributed by atoms with van der Waals surface area (Å²) in [7, 11) is 0. The number of amides is 1. The minimum atomic E-state index is -0.559. The van der Waals surface area contributed by atoms with Crippen LogP contribution in [0.5, 0.6) is 0 Å². The smallest absolute Gasteiger partial charge is 0.228 e. The van der Waals surface area contributed by atoms with Crippen LogP contribution in [0.3, 0.4) is 0 Å². The van der Waals surface area contributed by atoms with Gasteiger partial charge in [-0.2, -0.15) is 0 Å². The lowest BCUT2D eigenvalue weighted by molar-refractivity contribution is -0.115. The molecular formula is C25H20Cl2FN3O2S. The van der Waals surface area contributed by atoms with E-state index in [1.807, 2.05) is 12.1 Å². The summed E-state index contributed by atoms with van der Waals surface area (Å²) in [4.78, 5) is 21.5. The molecule has 9 heteroatoms. The zero-order valence-electron chi connectivity index (χ0n) is 18.2. The summed E-state index contributed by atoms with van der Waals surface area (Å²) >= 11 is 14.9. The van der Waals surface area contributed by atoms with Crippen molar-refractivity contribution in [2.75, 3.05) is 11.1 Å². The molecule has 34 heavy (non-hydrogen) atoms. The number of halogens is 3. The van der Waals surface area contributed by atoms with Gasteiger partial charge in [0.25, 0.3) is 0 Å². The first-order chi connectivity index (χ1) is 16.4. The van der Waals surface area contributed by atoms with Crippen molar-refractivity contribution in [2.45, 2.75) is 36.6 Å². The fourth-order valence-electron chi connectivity index (χ4n) is 4.04. The molecule has 0 spiro atoms. The second-order valence-corrected chi connectivity index (χ2v) is 10.3. The second kappa shape index (κ2) is 9.21. The number of hydrogen-bond acceptors (Lipinski definition) is 5. The van der Waals surface area contributed by atoms with Crippen LogP contribution >= 0.6 is 35.0 Å². The molecular weight excluding hydrogens is 496 g/mol. The molecule has 2 aromatic carbocycles. The molecule has 1 saturated carbocycles. The van der Waals surface area contributed by atoms with E-state index in [0.717, 1.165) is 29.2 Å². The Morgan fingerprint density at radius 1 is 1.18 bits per heavy atom. The highest BCUT2D eigenvalue weighted by Crippen LogP contribution is 2.57. The highest BCUT2D eigenvalue weighted by molar-refractivity contribution is 7.99. The number of oxazole rings is 1. The predicted molar refractivity (Wildman–Crippen MR) is 133 cm³/mol. The van der Waals surface area contributed by atoms with Crippen molar-refractivity contribution in [1.82, 2.24) is 9.97 Å². The Bertz CT molecular complexity index is 1360. The minimum Gasteiger partial charge on any atom is -0.440 e. The second-order valence-electron chi connectivity index (χ2n) is 8.19. The Morgan fingerprint density at radius 3 is 2.59 bits per heavy atom. The molecule has 1 amide bonds. The first kappa shape index (κ1) is 23.1. The van der Waals surface area contributed by atoms with Crippen molar-refractivity contribution >= 4 is 57.7 Å². The average Bonchev–Trinajstić information content (AvgIpc) is 3.46. The Kier molecular flexibility index (Phi) is 6.27. The van der Waals surface area contributed by atoms with Gasteiger partial charge in [-0.05, 0) is 54.5 Å². The lowest BCUT2D eigenvalue weighted by atomic mass is 9.95. The molecule has 5 nitrogen and oxygen atoms in total. The maximum absolute atomic E-state index is 13.6. The number of benzene rings is 2. The van der Waals surface area contributed by atoms with E-state index >= 15 is 0 Å². The summed E-state index contributed by atoms with van der Waals surface area (Å²) in [5.74, 6) is 0.824. The summed E-state index contributed by atoms with van der Waals surface area (Å²) in [6.07, 6.45) is 3.41. The first-order valence-electron chi connectivity index (χ1n) is 10.8. The normalized spacial score (nSPS) is 14.4. The van der Waals surface area contributed by atoms with Crippen molar-refractivity contribution in [3.8, 4) is 0 Å². The van der Waals surface area contributed by atoms with Crippen LogP contribution in [-0.4, -0.2) is 21.6 Å². The number of thioether (sulfide) groups is 1. The van der Waals surface area contributed by atoms with Gasteiger partial charge in [0.05, 0.1) is 16.9 Å². The number of aromatic nitrogens is 2. The van der Waals surface area contributed by atoms with Gasteiger partial charge in [0.1, 0.15) is 11.3 Å². The highest BCUT2D eigenvalue weighted by atomic mass is 35.5. The van der Waals surface area contributed by atoms with Crippen LogP contribution in [0.2, 0.25) is 10.0 Å². The van der Waals surface area contributed by atoms with Crippen LogP contribution in [0.15, 0.2) is 58.1 Å². The topological polar surface area (TPSA) is 68.0 Å². The standard InChI is InChI=1S/C25H20Cl2FN3O2S/c1-2-34-22-6-3-14(13-29-22)9-21(32)30-16-11-17(26)23(18(27)12-16)25(7-8-25)24-31-19-5-4-15(28)10-20(19)33-24/h3-6,10-13H,2,7-9H2,1H3,(H,30,32). The van der Waals surface area contributed by atoms with Crippen molar-refractivity contribution < 1.29 is 13.6 Å². The van der Waals surface area contributed by atoms with Gasteiger partial charge in [-0.25, -0.2) is 14.4 Å². The third kappa shape index (κ3) is 4.52. The number of rotatable bonds is 7. The highest BCUT2D eigenvalue weighted by Gasteiger charge is 2.52. The van der Waals surface area contributed by atoms with Crippen LogP contribution < -0.4 is 5.32 Å². The minimum absolute atomic E-state index is 0.185. The number of hydrogen-bond donors (Lipinski definition) is 1. The lowest BCUT2D eigenvalue weighted by Gasteiger charge is -2.17. The van der Waals surface area contributed by atoms with E-state index in [4.69, 9.17) is 27.6 Å². The molecule has 1 aliphatic carbocycles. The van der Waals surface area contributed by atoms with E-state index in [1.165, 1.54) is 12.1 Å². The number of carbonyl (C=O) groups is 1. The molecule has 5 rings (SSSR count). The third-order valence-electron chi connectivity index (χ3n) is 5.77. The zero-order chi connectivity index (χ0) is 23.9. The van der Waals surface area contributed by atoms with E-state index in [0.29, 0.717) is 38.3 Å². The SMILES string of the molecule is CCSc1ccc(CC(=O)Nc2cc(Cl)c(C3(c4nc5ccc(F)cc5o4)CC3)c(Cl)c2)cn1. The van der Waals surface area contributed by atoms with Crippen molar-refractivity contribution in [3.63, 3.8) is 0 Å². The number of fused-ring (bicyclic) bond motifs is 1. The molecule has 0 atom stereocenters. The molecule has 2 heterocycles. The van der Waals surface area contributed by atoms with Crippen LogP contribution in [0.25, 0.3) is 11.1 Å². The van der Waals surface area contributed by atoms with Gasteiger partial charge in [-0.15, -0.1) is 11.8 Å². The number of nitrogens with one attached hydrogen (secondary N) is 1. The molecule has 1 fully saturated rings. The summed E-state index contributed by atoms with van der Waals surface area (Å²) in [6, 6.07) is 11.4. The molecule has 0 radical (unpaired) electrons. The Morgan fingerprint density at radius 2 is 1.94 bits per heavy atom. The number of carbonyl (C=O) groups excluding carboxylic acids is 1. The van der Waals surface area contributed by atoms with E-state index in [-0.39, 0.29) is 18.1 Å². The Labute approximate surface area is 210 Å². The Hall–Kier alpha value is -2.61. The first-order valence-corrected chi connectivity index (χ1v) is 12.6. The Balaban J connectivity index is 1.35. The van der Waals surface area contributed by atoms with Gasteiger partial charge >= 0.3 is 0 Å². The molecule has 0 bridgehead atoms. The summed E-state index contributed by atoms with van der Waals surface area (Å²) in [6.45, 7) is 2.06. The van der Waals surface area contributed by atoms with Gasteiger partial charge < -0.3 is 9.73 Å². The van der Waals surface area contributed by atoms with Gasteiger partial charge in [-0.1, -0.05) is 36.2 Å². The molecule has 0 unspecified atom stereocenters. The lowest BCUT2D eigenvalue weighted by Crippen LogP contribution is -2.16. The summed E-state index contributed by atoms with van der Waals surface area (Å²) in [5, 5.41) is 4.61. The van der Waals surface area contributed by atoms with Crippen LogP contribution in [0.1, 0.15) is 36.8 Å². The van der Waals surface area contributed by atoms with Crippen molar-refractivity contribution in [2.24, 2.45) is 0 Å². The third-order valence-corrected chi connectivity index (χ3v) is 7.19. The van der Waals surface area contributed by atoms with E-state index < -0.39 is 5.41 Å². The molecule has 0 aliphatic heterocycles. The fraction of sp³-hybridized carbons (Fsp3) is 0.240. The van der Waals surface area contributed by atoms with Crippen LogP contribution in [0, 0.1) is 5.82 Å². The quantitative estimate of drug-likeness (QED) is 0.267. The molecule has 1 aliphatic rings. The number of nitrogens with zero attached hydrogens (tertiary/aromatic N) is 2. The van der Waals surface area contributed by atoms with Gasteiger partial charge in [-0.3, -0.25) is 4.79 Å². The maximum atomic E-state index is 13.6. The molecule has 0 saturated heterocycles. The summed E-state index contributed by atoms with van der Waals surface area (Å²) in [5.41, 5.74) is 2.43. The monoisotopic (exact) mass is 515 g/mol. The van der Waals surface area contributed by atoms with Crippen LogP contribution in [0.4, 0.5) is 10.1 Å².